The lowest BCUT2D eigenvalue weighted by molar-refractivity contribution is 0.0321. The normalized spacial score (nSPS) is 14.4. The van der Waals surface area contributed by atoms with Gasteiger partial charge in [-0.15, -0.1) is 0 Å². The van der Waals surface area contributed by atoms with Crippen molar-refractivity contribution in [1.29, 1.82) is 0 Å². The van der Waals surface area contributed by atoms with Crippen LogP contribution in [0.3, 0.4) is 0 Å². The molecule has 0 saturated carbocycles. The van der Waals surface area contributed by atoms with Gasteiger partial charge in [0.05, 0.1) is 18.9 Å². The third-order valence-electron chi connectivity index (χ3n) is 3.17. The number of aliphatic hydroxyl groups excluding tert-OH is 1. The maximum Gasteiger partial charge on any atom is 0.117 e. The second-order valence-corrected chi connectivity index (χ2v) is 5.05. The van der Waals surface area contributed by atoms with E-state index in [1.165, 1.54) is 0 Å². The van der Waals surface area contributed by atoms with Gasteiger partial charge in [-0.2, -0.15) is 0 Å². The van der Waals surface area contributed by atoms with Crippen molar-refractivity contribution in [3.63, 3.8) is 0 Å². The average molecular weight is 225 g/mol. The zero-order chi connectivity index (χ0) is 12.2. The van der Waals surface area contributed by atoms with Crippen LogP contribution in [0, 0.1) is 5.41 Å². The first kappa shape index (κ1) is 13.3. The van der Waals surface area contributed by atoms with Crippen molar-refractivity contribution in [2.75, 3.05) is 13.1 Å². The first-order valence-corrected chi connectivity index (χ1v) is 5.88. The summed E-state index contributed by atoms with van der Waals surface area (Å²) in [5.41, 5.74) is -0.0946. The summed E-state index contributed by atoms with van der Waals surface area (Å²) in [6.45, 7) is 10.8. The molecule has 1 N–H and O–H groups in total. The molecule has 0 bridgehead atoms. The molecule has 3 nitrogen and oxygen atoms in total. The zero-order valence-electron chi connectivity index (χ0n) is 10.7. The molecule has 0 aliphatic heterocycles. The van der Waals surface area contributed by atoms with Crippen LogP contribution in [0.2, 0.25) is 0 Å². The number of furan rings is 1. The highest BCUT2D eigenvalue weighted by Crippen LogP contribution is 2.22. The molecule has 0 spiro atoms. The van der Waals surface area contributed by atoms with Gasteiger partial charge in [0, 0.05) is 12.0 Å². The molecular weight excluding hydrogens is 202 g/mol. The maximum atomic E-state index is 9.70. The van der Waals surface area contributed by atoms with Gasteiger partial charge in [-0.1, -0.05) is 20.8 Å². The van der Waals surface area contributed by atoms with E-state index < -0.39 is 0 Å². The van der Waals surface area contributed by atoms with Crippen LogP contribution in [0.25, 0.3) is 0 Å². The highest BCUT2D eigenvalue weighted by molar-refractivity contribution is 4.98. The van der Waals surface area contributed by atoms with Crippen molar-refractivity contribution in [1.82, 2.24) is 4.90 Å². The highest BCUT2D eigenvalue weighted by atomic mass is 16.3. The molecule has 0 fully saturated rings. The number of hydrogen-bond acceptors (Lipinski definition) is 3. The van der Waals surface area contributed by atoms with E-state index in [-0.39, 0.29) is 11.5 Å². The Kier molecular flexibility index (Phi) is 4.56. The maximum absolute atomic E-state index is 9.70. The lowest BCUT2D eigenvalue weighted by Crippen LogP contribution is -2.40. The molecule has 1 rings (SSSR count). The van der Waals surface area contributed by atoms with Crippen molar-refractivity contribution in [2.45, 2.75) is 40.3 Å². The minimum absolute atomic E-state index is 0.0946. The number of rotatable bonds is 6. The molecule has 1 unspecified atom stereocenters. The summed E-state index contributed by atoms with van der Waals surface area (Å²) < 4.78 is 5.34. The molecule has 16 heavy (non-hydrogen) atoms. The quantitative estimate of drug-likeness (QED) is 0.808. The van der Waals surface area contributed by atoms with E-state index in [1.54, 1.807) is 6.26 Å². The van der Waals surface area contributed by atoms with Gasteiger partial charge in [0.1, 0.15) is 5.76 Å². The lowest BCUT2D eigenvalue weighted by Gasteiger charge is -2.33. The summed E-state index contributed by atoms with van der Waals surface area (Å²) in [4.78, 5) is 2.28. The molecule has 92 valence electrons. The molecule has 1 aromatic rings. The third-order valence-corrected chi connectivity index (χ3v) is 3.17. The highest BCUT2D eigenvalue weighted by Gasteiger charge is 2.26. The van der Waals surface area contributed by atoms with Crippen molar-refractivity contribution < 1.29 is 9.52 Å². The molecule has 1 heterocycles. The Bertz CT molecular complexity index is 291. The second-order valence-electron chi connectivity index (χ2n) is 5.05. The van der Waals surface area contributed by atoms with Crippen molar-refractivity contribution in [2.24, 2.45) is 5.41 Å². The predicted octanol–water partition coefficient (Wildman–Crippen LogP) is 2.51. The smallest absolute Gasteiger partial charge is 0.117 e. The molecular formula is C13H23NO2. The summed E-state index contributed by atoms with van der Waals surface area (Å²) in [6.07, 6.45) is 1.39. The number of aliphatic hydroxyl groups is 1. The van der Waals surface area contributed by atoms with Crippen molar-refractivity contribution >= 4 is 0 Å². The van der Waals surface area contributed by atoms with Crippen LogP contribution in [0.5, 0.6) is 0 Å². The van der Waals surface area contributed by atoms with Gasteiger partial charge in [-0.3, -0.25) is 4.90 Å². The lowest BCUT2D eigenvalue weighted by atomic mass is 9.87. The Hall–Kier alpha value is -0.800. The van der Waals surface area contributed by atoms with Crippen molar-refractivity contribution in [3.8, 4) is 0 Å². The van der Waals surface area contributed by atoms with Crippen LogP contribution in [-0.4, -0.2) is 29.2 Å². The minimum Gasteiger partial charge on any atom is -0.468 e. The Morgan fingerprint density at radius 2 is 2.19 bits per heavy atom. The van der Waals surface area contributed by atoms with Crippen LogP contribution in [0.4, 0.5) is 0 Å². The van der Waals surface area contributed by atoms with Gasteiger partial charge in [-0.05, 0) is 25.6 Å². The van der Waals surface area contributed by atoms with Gasteiger partial charge >= 0.3 is 0 Å². The van der Waals surface area contributed by atoms with Gasteiger partial charge < -0.3 is 9.52 Å². The van der Waals surface area contributed by atoms with Crippen LogP contribution in [0.1, 0.15) is 33.5 Å². The third kappa shape index (κ3) is 3.65. The molecule has 1 atom stereocenters. The summed E-state index contributed by atoms with van der Waals surface area (Å²) in [5, 5.41) is 9.70. The Morgan fingerprint density at radius 3 is 2.62 bits per heavy atom. The van der Waals surface area contributed by atoms with E-state index in [2.05, 4.69) is 25.7 Å². The van der Waals surface area contributed by atoms with E-state index in [1.807, 2.05) is 19.1 Å². The molecule has 3 heteroatoms. The van der Waals surface area contributed by atoms with Crippen LogP contribution in [0.15, 0.2) is 22.8 Å². The van der Waals surface area contributed by atoms with Crippen LogP contribution in [-0.2, 0) is 6.54 Å². The van der Waals surface area contributed by atoms with E-state index >= 15 is 0 Å². The standard InChI is InChI=1S/C13H23NO2/c1-5-14(9-12-7-6-8-16-12)10-13(3,4)11(2)15/h6-8,11,15H,5,9-10H2,1-4H3. The van der Waals surface area contributed by atoms with E-state index in [0.29, 0.717) is 0 Å². The second kappa shape index (κ2) is 5.51. The Balaban J connectivity index is 2.55. The average Bonchev–Trinajstić information content (AvgIpc) is 2.68. The summed E-state index contributed by atoms with van der Waals surface area (Å²) in [7, 11) is 0. The number of nitrogens with zero attached hydrogens (tertiary/aromatic N) is 1. The fraction of sp³-hybridized carbons (Fsp3) is 0.692. The van der Waals surface area contributed by atoms with Crippen LogP contribution >= 0.6 is 0 Å². The van der Waals surface area contributed by atoms with Crippen molar-refractivity contribution in [3.05, 3.63) is 24.2 Å². The molecule has 1 aromatic heterocycles. The predicted molar refractivity (Wildman–Crippen MR) is 65.1 cm³/mol. The summed E-state index contributed by atoms with van der Waals surface area (Å²) >= 11 is 0. The summed E-state index contributed by atoms with van der Waals surface area (Å²) in [6, 6.07) is 3.89. The fourth-order valence-corrected chi connectivity index (χ4v) is 1.61. The monoisotopic (exact) mass is 225 g/mol. The SMILES string of the molecule is CCN(Cc1ccco1)CC(C)(C)C(C)O. The molecule has 0 radical (unpaired) electrons. The van der Waals surface area contributed by atoms with Gasteiger partial charge in [0.2, 0.25) is 0 Å². The molecule has 0 amide bonds. The minimum atomic E-state index is -0.307. The Labute approximate surface area is 98.1 Å². The van der Waals surface area contributed by atoms with E-state index in [9.17, 15) is 5.11 Å². The van der Waals surface area contributed by atoms with Gasteiger partial charge in [-0.25, -0.2) is 0 Å². The first-order chi connectivity index (χ1) is 7.45. The zero-order valence-corrected chi connectivity index (χ0v) is 10.7. The molecule has 0 aliphatic rings. The van der Waals surface area contributed by atoms with Crippen LogP contribution < -0.4 is 0 Å². The first-order valence-electron chi connectivity index (χ1n) is 5.88. The van der Waals surface area contributed by atoms with E-state index in [4.69, 9.17) is 4.42 Å². The topological polar surface area (TPSA) is 36.6 Å². The summed E-state index contributed by atoms with van der Waals surface area (Å²) in [5.74, 6) is 0.975. The number of hydrogen-bond donors (Lipinski definition) is 1. The fourth-order valence-electron chi connectivity index (χ4n) is 1.61. The van der Waals surface area contributed by atoms with E-state index in [0.717, 1.165) is 25.4 Å². The van der Waals surface area contributed by atoms with Gasteiger partial charge in [0.25, 0.3) is 0 Å². The molecule has 0 aromatic carbocycles. The molecule has 0 aliphatic carbocycles. The Morgan fingerprint density at radius 1 is 1.50 bits per heavy atom. The largest absolute Gasteiger partial charge is 0.468 e. The van der Waals surface area contributed by atoms with Gasteiger partial charge in [0.15, 0.2) is 0 Å². The molecule has 0 saturated heterocycles.